The maximum atomic E-state index is 12.3. The number of anilines is 1. The van der Waals surface area contributed by atoms with Crippen LogP contribution in [0.3, 0.4) is 0 Å². The van der Waals surface area contributed by atoms with Crippen molar-refractivity contribution in [2.45, 2.75) is 6.92 Å². The zero-order valence-corrected chi connectivity index (χ0v) is 12.4. The van der Waals surface area contributed by atoms with Crippen LogP contribution >= 0.6 is 0 Å². The van der Waals surface area contributed by atoms with E-state index in [1.165, 1.54) is 16.8 Å². The zero-order chi connectivity index (χ0) is 16.2. The molecule has 0 bridgehead atoms. The predicted octanol–water partition coefficient (Wildman–Crippen LogP) is 2.19. The van der Waals surface area contributed by atoms with Gasteiger partial charge >= 0.3 is 0 Å². The second-order valence-electron chi connectivity index (χ2n) is 4.93. The highest BCUT2D eigenvalue weighted by Crippen LogP contribution is 2.10. The average Bonchev–Trinajstić information content (AvgIpc) is 2.58. The van der Waals surface area contributed by atoms with E-state index in [-0.39, 0.29) is 11.3 Å². The lowest BCUT2D eigenvalue weighted by Crippen LogP contribution is -2.25. The Kier molecular flexibility index (Phi) is 3.97. The van der Waals surface area contributed by atoms with E-state index in [9.17, 15) is 9.59 Å². The summed E-state index contributed by atoms with van der Waals surface area (Å²) in [5, 5.41) is 6.83. The van der Waals surface area contributed by atoms with Gasteiger partial charge in [-0.1, -0.05) is 24.3 Å². The molecule has 6 nitrogen and oxygen atoms in total. The molecule has 0 spiro atoms. The molecule has 2 aromatic heterocycles. The normalized spacial score (nSPS) is 10.3. The summed E-state index contributed by atoms with van der Waals surface area (Å²) in [4.78, 5) is 28.4. The van der Waals surface area contributed by atoms with Crippen LogP contribution in [-0.2, 0) is 0 Å². The van der Waals surface area contributed by atoms with Gasteiger partial charge in [0.05, 0.1) is 5.69 Å². The first-order valence-corrected chi connectivity index (χ1v) is 7.04. The van der Waals surface area contributed by atoms with Gasteiger partial charge in [0.15, 0.2) is 0 Å². The number of para-hydroxylation sites is 1. The molecule has 3 aromatic rings. The summed E-state index contributed by atoms with van der Waals surface area (Å²) < 4.78 is 1.19. The molecule has 23 heavy (non-hydrogen) atoms. The SMILES string of the molecule is Cc1cccnc1NC(=O)c1ccc(=O)n(-c2ccccc2)n1. The fourth-order valence-corrected chi connectivity index (χ4v) is 2.07. The van der Waals surface area contributed by atoms with Crippen molar-refractivity contribution in [1.29, 1.82) is 0 Å². The molecule has 1 aromatic carbocycles. The Morgan fingerprint density at radius 2 is 1.83 bits per heavy atom. The number of nitrogens with one attached hydrogen (secondary N) is 1. The third-order valence-corrected chi connectivity index (χ3v) is 3.28. The molecule has 6 heteroatoms. The fourth-order valence-electron chi connectivity index (χ4n) is 2.07. The molecule has 3 rings (SSSR count). The topological polar surface area (TPSA) is 76.9 Å². The Morgan fingerprint density at radius 3 is 2.57 bits per heavy atom. The predicted molar refractivity (Wildman–Crippen MR) is 86.8 cm³/mol. The van der Waals surface area contributed by atoms with Crippen molar-refractivity contribution < 1.29 is 4.79 Å². The number of carbonyl (C=O) groups is 1. The summed E-state index contributed by atoms with van der Waals surface area (Å²) in [6, 6.07) is 15.3. The van der Waals surface area contributed by atoms with Crippen molar-refractivity contribution in [2.75, 3.05) is 5.32 Å². The van der Waals surface area contributed by atoms with Gasteiger partial charge in [-0.05, 0) is 36.8 Å². The summed E-state index contributed by atoms with van der Waals surface area (Å²) >= 11 is 0. The molecule has 1 amide bonds. The molecule has 114 valence electrons. The van der Waals surface area contributed by atoms with Gasteiger partial charge in [0.2, 0.25) is 0 Å². The Balaban J connectivity index is 1.93. The van der Waals surface area contributed by atoms with Gasteiger partial charge in [0.1, 0.15) is 11.5 Å². The molecule has 0 aliphatic heterocycles. The lowest BCUT2D eigenvalue weighted by molar-refractivity contribution is 0.102. The number of nitrogens with zero attached hydrogens (tertiary/aromatic N) is 3. The van der Waals surface area contributed by atoms with E-state index in [2.05, 4.69) is 15.4 Å². The zero-order valence-electron chi connectivity index (χ0n) is 12.4. The monoisotopic (exact) mass is 306 g/mol. The molecule has 1 N–H and O–H groups in total. The van der Waals surface area contributed by atoms with Gasteiger partial charge in [0.25, 0.3) is 11.5 Å². The van der Waals surface area contributed by atoms with Gasteiger partial charge < -0.3 is 5.32 Å². The number of benzene rings is 1. The Bertz CT molecular complexity index is 904. The molecular weight excluding hydrogens is 292 g/mol. The van der Waals surface area contributed by atoms with Crippen LogP contribution in [0.25, 0.3) is 5.69 Å². The number of aryl methyl sites for hydroxylation is 1. The number of aromatic nitrogens is 3. The first-order valence-electron chi connectivity index (χ1n) is 7.04. The highest BCUT2D eigenvalue weighted by atomic mass is 16.2. The molecule has 0 radical (unpaired) electrons. The van der Waals surface area contributed by atoms with E-state index in [1.807, 2.05) is 19.1 Å². The molecule has 0 unspecified atom stereocenters. The smallest absolute Gasteiger partial charge is 0.277 e. The number of carbonyl (C=O) groups excluding carboxylic acids is 1. The van der Waals surface area contributed by atoms with Crippen LogP contribution in [-0.4, -0.2) is 20.7 Å². The molecule has 0 saturated carbocycles. The maximum absolute atomic E-state index is 12.3. The van der Waals surface area contributed by atoms with E-state index >= 15 is 0 Å². The minimum absolute atomic E-state index is 0.138. The summed E-state index contributed by atoms with van der Waals surface area (Å²) in [5.41, 5.74) is 1.28. The van der Waals surface area contributed by atoms with Gasteiger partial charge in [-0.15, -0.1) is 0 Å². The van der Waals surface area contributed by atoms with Crippen LogP contribution in [0, 0.1) is 6.92 Å². The van der Waals surface area contributed by atoms with Gasteiger partial charge in [-0.3, -0.25) is 9.59 Å². The maximum Gasteiger partial charge on any atom is 0.277 e. The molecule has 0 saturated heterocycles. The largest absolute Gasteiger partial charge is 0.305 e. The number of hydrogen-bond acceptors (Lipinski definition) is 4. The minimum Gasteiger partial charge on any atom is -0.305 e. The summed E-state index contributed by atoms with van der Waals surface area (Å²) in [6.45, 7) is 1.85. The third kappa shape index (κ3) is 3.16. The van der Waals surface area contributed by atoms with Gasteiger partial charge in [-0.2, -0.15) is 9.78 Å². The molecule has 0 atom stereocenters. The van der Waals surface area contributed by atoms with Crippen molar-refractivity contribution in [2.24, 2.45) is 0 Å². The van der Waals surface area contributed by atoms with E-state index < -0.39 is 5.91 Å². The molecule has 0 aliphatic rings. The summed E-state index contributed by atoms with van der Waals surface area (Å²) in [5.74, 6) is 0.0493. The van der Waals surface area contributed by atoms with E-state index in [0.29, 0.717) is 11.5 Å². The average molecular weight is 306 g/mol. The Morgan fingerprint density at radius 1 is 1.04 bits per heavy atom. The summed E-state index contributed by atoms with van der Waals surface area (Å²) in [6.07, 6.45) is 1.60. The van der Waals surface area contributed by atoms with Crippen LogP contribution in [0.1, 0.15) is 16.1 Å². The van der Waals surface area contributed by atoms with E-state index in [4.69, 9.17) is 0 Å². The van der Waals surface area contributed by atoms with Crippen LogP contribution in [0.15, 0.2) is 65.6 Å². The van der Waals surface area contributed by atoms with Gasteiger partial charge in [0, 0.05) is 12.3 Å². The van der Waals surface area contributed by atoms with Crippen molar-refractivity contribution in [3.05, 3.63) is 82.4 Å². The van der Waals surface area contributed by atoms with E-state index in [0.717, 1.165) is 5.56 Å². The molecule has 0 fully saturated rings. The van der Waals surface area contributed by atoms with Crippen LogP contribution in [0.5, 0.6) is 0 Å². The first-order chi connectivity index (χ1) is 11.1. The van der Waals surface area contributed by atoms with E-state index in [1.54, 1.807) is 36.5 Å². The van der Waals surface area contributed by atoms with Crippen molar-refractivity contribution in [3.63, 3.8) is 0 Å². The number of amides is 1. The minimum atomic E-state index is -0.420. The quantitative estimate of drug-likeness (QED) is 0.804. The molecule has 0 aliphatic carbocycles. The second kappa shape index (κ2) is 6.23. The number of hydrogen-bond donors (Lipinski definition) is 1. The molecule has 2 heterocycles. The van der Waals surface area contributed by atoms with Crippen LogP contribution < -0.4 is 10.9 Å². The lowest BCUT2D eigenvalue weighted by atomic mass is 10.3. The Hall–Kier alpha value is -3.28. The summed E-state index contributed by atoms with van der Waals surface area (Å²) in [7, 11) is 0. The highest BCUT2D eigenvalue weighted by Gasteiger charge is 2.12. The van der Waals surface area contributed by atoms with Crippen molar-refractivity contribution in [1.82, 2.24) is 14.8 Å². The van der Waals surface area contributed by atoms with Gasteiger partial charge in [-0.25, -0.2) is 4.98 Å². The third-order valence-electron chi connectivity index (χ3n) is 3.28. The standard InChI is InChI=1S/C17H14N4O2/c1-12-6-5-11-18-16(12)19-17(23)14-9-10-15(22)21(20-14)13-7-3-2-4-8-13/h2-11H,1H3,(H,18,19,23). The lowest BCUT2D eigenvalue weighted by Gasteiger charge is -2.08. The molecular formula is C17H14N4O2. The number of pyridine rings is 1. The van der Waals surface area contributed by atoms with Crippen molar-refractivity contribution >= 4 is 11.7 Å². The van der Waals surface area contributed by atoms with Crippen LogP contribution in [0.2, 0.25) is 0 Å². The highest BCUT2D eigenvalue weighted by molar-refractivity contribution is 6.02. The number of rotatable bonds is 3. The Labute approximate surface area is 132 Å². The second-order valence-corrected chi connectivity index (χ2v) is 4.93. The fraction of sp³-hybridized carbons (Fsp3) is 0.0588. The van der Waals surface area contributed by atoms with Crippen molar-refractivity contribution in [3.8, 4) is 5.69 Å². The van der Waals surface area contributed by atoms with Crippen LogP contribution in [0.4, 0.5) is 5.82 Å². The first kappa shape index (κ1) is 14.6.